The first-order valence-electron chi connectivity index (χ1n) is 8.47. The van der Waals surface area contributed by atoms with Gasteiger partial charge in [0.2, 0.25) is 0 Å². The first kappa shape index (κ1) is 16.5. The first-order chi connectivity index (χ1) is 11.3. The third-order valence-electron chi connectivity index (χ3n) is 4.88. The number of nitrogens with zero attached hydrogens (tertiary/aromatic N) is 1. The molecule has 3 rings (SSSR count). The van der Waals surface area contributed by atoms with Gasteiger partial charge in [0.1, 0.15) is 5.75 Å². The summed E-state index contributed by atoms with van der Waals surface area (Å²) < 4.78 is 16.9. The molecule has 1 aliphatic heterocycles. The van der Waals surface area contributed by atoms with E-state index in [1.807, 2.05) is 18.2 Å². The molecule has 0 unspecified atom stereocenters. The molecule has 1 aliphatic carbocycles. The molecule has 23 heavy (non-hydrogen) atoms. The Balaban J connectivity index is 1.57. The maximum Gasteiger partial charge on any atom is 0.118 e. The van der Waals surface area contributed by atoms with Crippen LogP contribution in [0.25, 0.3) is 0 Å². The standard InChI is InChI=1S/C19H27NO3/c1-3-9-22-14-16-11-18-19(12-16)23-10-8-20(18)13-15-4-6-17(21-2)7-5-15/h3-7,16,18-19H,1,8-14H2,2H3/t16-,18+,19+/m0/s1. The predicted molar refractivity (Wildman–Crippen MR) is 90.7 cm³/mol. The first-order valence-corrected chi connectivity index (χ1v) is 8.47. The van der Waals surface area contributed by atoms with Crippen LogP contribution in [0.2, 0.25) is 0 Å². The molecular weight excluding hydrogens is 290 g/mol. The number of fused-ring (bicyclic) bond motifs is 1. The molecule has 0 radical (unpaired) electrons. The summed E-state index contributed by atoms with van der Waals surface area (Å²) in [6, 6.07) is 8.90. The maximum absolute atomic E-state index is 6.01. The number of hydrogen-bond donors (Lipinski definition) is 0. The van der Waals surface area contributed by atoms with Crippen molar-refractivity contribution < 1.29 is 14.2 Å². The fourth-order valence-electron chi connectivity index (χ4n) is 3.74. The molecule has 126 valence electrons. The second-order valence-corrected chi connectivity index (χ2v) is 6.46. The predicted octanol–water partition coefficient (Wildman–Crippen LogP) is 2.88. The second kappa shape index (κ2) is 7.95. The molecule has 1 saturated carbocycles. The van der Waals surface area contributed by atoms with Crippen LogP contribution in [-0.2, 0) is 16.0 Å². The molecule has 2 aliphatic rings. The molecule has 1 aromatic carbocycles. The number of benzene rings is 1. The van der Waals surface area contributed by atoms with E-state index in [4.69, 9.17) is 14.2 Å². The average Bonchev–Trinajstić information content (AvgIpc) is 3.00. The molecule has 1 aromatic rings. The molecule has 0 N–H and O–H groups in total. The Morgan fingerprint density at radius 2 is 2.13 bits per heavy atom. The number of hydrogen-bond acceptors (Lipinski definition) is 4. The van der Waals surface area contributed by atoms with Gasteiger partial charge >= 0.3 is 0 Å². The molecule has 0 spiro atoms. The molecule has 2 fully saturated rings. The molecule has 1 heterocycles. The van der Waals surface area contributed by atoms with E-state index < -0.39 is 0 Å². The molecule has 4 heteroatoms. The zero-order chi connectivity index (χ0) is 16.1. The second-order valence-electron chi connectivity index (χ2n) is 6.46. The van der Waals surface area contributed by atoms with Gasteiger partial charge in [0.05, 0.1) is 26.4 Å². The molecule has 3 atom stereocenters. The van der Waals surface area contributed by atoms with E-state index in [0.29, 0.717) is 24.7 Å². The van der Waals surface area contributed by atoms with Gasteiger partial charge < -0.3 is 14.2 Å². The van der Waals surface area contributed by atoms with E-state index in [9.17, 15) is 0 Å². The third-order valence-corrected chi connectivity index (χ3v) is 4.88. The van der Waals surface area contributed by atoms with E-state index in [2.05, 4.69) is 23.6 Å². The fourth-order valence-corrected chi connectivity index (χ4v) is 3.74. The number of rotatable bonds is 7. The van der Waals surface area contributed by atoms with Crippen molar-refractivity contribution in [2.24, 2.45) is 5.92 Å². The Morgan fingerprint density at radius 3 is 2.87 bits per heavy atom. The summed E-state index contributed by atoms with van der Waals surface area (Å²) in [4.78, 5) is 2.57. The van der Waals surface area contributed by atoms with Crippen LogP contribution in [0.15, 0.2) is 36.9 Å². The fraction of sp³-hybridized carbons (Fsp3) is 0.579. The van der Waals surface area contributed by atoms with Crippen LogP contribution in [0, 0.1) is 5.92 Å². The minimum Gasteiger partial charge on any atom is -0.497 e. The van der Waals surface area contributed by atoms with Crippen LogP contribution in [0.5, 0.6) is 5.75 Å². The summed E-state index contributed by atoms with van der Waals surface area (Å²) in [5, 5.41) is 0. The van der Waals surface area contributed by atoms with Gasteiger partial charge in [-0.25, -0.2) is 0 Å². The van der Waals surface area contributed by atoms with E-state index in [1.165, 1.54) is 5.56 Å². The Kier molecular flexibility index (Phi) is 5.70. The van der Waals surface area contributed by atoms with E-state index >= 15 is 0 Å². The Morgan fingerprint density at radius 1 is 1.30 bits per heavy atom. The van der Waals surface area contributed by atoms with Gasteiger partial charge in [0.25, 0.3) is 0 Å². The van der Waals surface area contributed by atoms with Crippen LogP contribution in [0.1, 0.15) is 18.4 Å². The minimum atomic E-state index is 0.360. The van der Waals surface area contributed by atoms with Crippen molar-refractivity contribution in [3.8, 4) is 5.75 Å². The van der Waals surface area contributed by atoms with E-state index in [0.717, 1.165) is 44.9 Å². The molecule has 0 aromatic heterocycles. The average molecular weight is 317 g/mol. The molecule has 0 bridgehead atoms. The zero-order valence-corrected chi connectivity index (χ0v) is 13.9. The Labute approximate surface area is 139 Å². The lowest BCUT2D eigenvalue weighted by atomic mass is 10.1. The number of ether oxygens (including phenoxy) is 3. The van der Waals surface area contributed by atoms with Gasteiger partial charge in [0.15, 0.2) is 0 Å². The minimum absolute atomic E-state index is 0.360. The highest BCUT2D eigenvalue weighted by atomic mass is 16.5. The van der Waals surface area contributed by atoms with Crippen molar-refractivity contribution in [3.05, 3.63) is 42.5 Å². The number of morpholine rings is 1. The Hall–Kier alpha value is -1.36. The lowest BCUT2D eigenvalue weighted by Gasteiger charge is -2.37. The highest BCUT2D eigenvalue weighted by molar-refractivity contribution is 5.27. The van der Waals surface area contributed by atoms with Crippen LogP contribution < -0.4 is 4.74 Å². The highest BCUT2D eigenvalue weighted by Crippen LogP contribution is 2.35. The van der Waals surface area contributed by atoms with Crippen LogP contribution in [0.4, 0.5) is 0 Å². The molecular formula is C19H27NO3. The van der Waals surface area contributed by atoms with Gasteiger partial charge in [-0.2, -0.15) is 0 Å². The van der Waals surface area contributed by atoms with Crippen LogP contribution in [0.3, 0.4) is 0 Å². The molecule has 0 amide bonds. The largest absolute Gasteiger partial charge is 0.497 e. The zero-order valence-electron chi connectivity index (χ0n) is 13.9. The quantitative estimate of drug-likeness (QED) is 0.571. The lowest BCUT2D eigenvalue weighted by Crippen LogP contribution is -2.47. The van der Waals surface area contributed by atoms with Crippen LogP contribution >= 0.6 is 0 Å². The van der Waals surface area contributed by atoms with Crippen molar-refractivity contribution in [3.63, 3.8) is 0 Å². The van der Waals surface area contributed by atoms with Crippen molar-refractivity contribution >= 4 is 0 Å². The summed E-state index contributed by atoms with van der Waals surface area (Å²) in [6.07, 6.45) is 4.45. The SMILES string of the molecule is C=CCOC[C@H]1C[C@@H]2[C@@H](C1)OCCN2Cc1ccc(OC)cc1. The normalized spacial score (nSPS) is 27.6. The van der Waals surface area contributed by atoms with Gasteiger partial charge in [-0.15, -0.1) is 6.58 Å². The van der Waals surface area contributed by atoms with Gasteiger partial charge in [0, 0.05) is 25.7 Å². The van der Waals surface area contributed by atoms with E-state index in [1.54, 1.807) is 7.11 Å². The third kappa shape index (κ3) is 4.14. The summed E-state index contributed by atoms with van der Waals surface area (Å²) in [5.74, 6) is 1.51. The smallest absolute Gasteiger partial charge is 0.118 e. The van der Waals surface area contributed by atoms with Crippen LogP contribution in [-0.4, -0.2) is 50.5 Å². The maximum atomic E-state index is 6.01. The summed E-state index contributed by atoms with van der Waals surface area (Å²) in [6.45, 7) is 7.98. The van der Waals surface area contributed by atoms with E-state index in [-0.39, 0.29) is 0 Å². The van der Waals surface area contributed by atoms with Gasteiger partial charge in [-0.3, -0.25) is 4.90 Å². The Bertz CT molecular complexity index is 502. The highest BCUT2D eigenvalue weighted by Gasteiger charge is 2.40. The lowest BCUT2D eigenvalue weighted by molar-refractivity contribution is -0.0591. The molecule has 4 nitrogen and oxygen atoms in total. The molecule has 1 saturated heterocycles. The summed E-state index contributed by atoms with van der Waals surface area (Å²) >= 11 is 0. The monoisotopic (exact) mass is 317 g/mol. The van der Waals surface area contributed by atoms with Gasteiger partial charge in [-0.1, -0.05) is 18.2 Å². The van der Waals surface area contributed by atoms with Crippen molar-refractivity contribution in [1.82, 2.24) is 4.90 Å². The summed E-state index contributed by atoms with van der Waals surface area (Å²) in [7, 11) is 1.70. The summed E-state index contributed by atoms with van der Waals surface area (Å²) in [5.41, 5.74) is 1.33. The van der Waals surface area contributed by atoms with Crippen molar-refractivity contribution in [2.75, 3.05) is 33.5 Å². The topological polar surface area (TPSA) is 30.9 Å². The van der Waals surface area contributed by atoms with Gasteiger partial charge in [-0.05, 0) is 36.5 Å². The van der Waals surface area contributed by atoms with Crippen molar-refractivity contribution in [1.29, 1.82) is 0 Å². The number of methoxy groups -OCH3 is 1. The van der Waals surface area contributed by atoms with Crippen molar-refractivity contribution in [2.45, 2.75) is 31.5 Å².